The summed E-state index contributed by atoms with van der Waals surface area (Å²) in [6, 6.07) is 2.23. The molecule has 0 saturated heterocycles. The second kappa shape index (κ2) is 5.10. The van der Waals surface area contributed by atoms with Gasteiger partial charge in [-0.2, -0.15) is 0 Å². The van der Waals surface area contributed by atoms with Gasteiger partial charge in [-0.05, 0) is 28.4 Å². The first-order valence-corrected chi connectivity index (χ1v) is 4.93. The van der Waals surface area contributed by atoms with Gasteiger partial charge in [0, 0.05) is 17.1 Å². The van der Waals surface area contributed by atoms with E-state index in [1.54, 1.807) is 6.08 Å². The van der Waals surface area contributed by atoms with Crippen molar-refractivity contribution in [3.8, 4) is 0 Å². The summed E-state index contributed by atoms with van der Waals surface area (Å²) < 4.78 is 26.0. The Balaban J connectivity index is 2.76. The molecule has 0 saturated carbocycles. The minimum Gasteiger partial charge on any atom is -0.384 e. The van der Waals surface area contributed by atoms with Gasteiger partial charge in [0.1, 0.15) is 0 Å². The average molecular weight is 262 g/mol. The summed E-state index contributed by atoms with van der Waals surface area (Å²) in [6.07, 6.45) is 2.52. The maximum absolute atomic E-state index is 12.8. The van der Waals surface area contributed by atoms with Crippen molar-refractivity contribution in [2.45, 2.75) is 6.42 Å². The molecule has 1 rings (SSSR count). The van der Waals surface area contributed by atoms with Gasteiger partial charge in [0.05, 0.1) is 5.69 Å². The third kappa shape index (κ3) is 2.80. The lowest BCUT2D eigenvalue weighted by atomic mass is 10.3. The van der Waals surface area contributed by atoms with E-state index in [1.165, 1.54) is 0 Å². The summed E-state index contributed by atoms with van der Waals surface area (Å²) in [5, 5.41) is 2.96. The summed E-state index contributed by atoms with van der Waals surface area (Å²) in [6.45, 7) is 4.21. The van der Waals surface area contributed by atoms with Gasteiger partial charge >= 0.3 is 0 Å². The van der Waals surface area contributed by atoms with Gasteiger partial charge in [0.2, 0.25) is 0 Å². The Hall–Kier alpha value is -0.900. The monoisotopic (exact) mass is 261 g/mol. The second-order valence-electron chi connectivity index (χ2n) is 2.75. The van der Waals surface area contributed by atoms with Crippen LogP contribution in [0.1, 0.15) is 6.42 Å². The minimum absolute atomic E-state index is 0.514. The van der Waals surface area contributed by atoms with E-state index < -0.39 is 11.6 Å². The molecule has 0 spiro atoms. The first kappa shape index (κ1) is 11.2. The zero-order valence-corrected chi connectivity index (χ0v) is 9.07. The van der Waals surface area contributed by atoms with Crippen LogP contribution in [0.25, 0.3) is 0 Å². The summed E-state index contributed by atoms with van der Waals surface area (Å²) in [4.78, 5) is 0. The molecule has 0 heterocycles. The highest BCUT2D eigenvalue weighted by molar-refractivity contribution is 9.10. The highest BCUT2D eigenvalue weighted by Gasteiger charge is 2.06. The Morgan fingerprint density at radius 3 is 2.64 bits per heavy atom. The molecule has 4 heteroatoms. The van der Waals surface area contributed by atoms with E-state index in [-0.39, 0.29) is 0 Å². The van der Waals surface area contributed by atoms with Gasteiger partial charge in [-0.25, -0.2) is 8.78 Å². The van der Waals surface area contributed by atoms with Crippen LogP contribution in [0.4, 0.5) is 14.5 Å². The summed E-state index contributed by atoms with van der Waals surface area (Å²) in [5.41, 5.74) is 0.547. The van der Waals surface area contributed by atoms with Crippen LogP contribution < -0.4 is 5.32 Å². The lowest BCUT2D eigenvalue weighted by Gasteiger charge is -2.07. The fourth-order valence-electron chi connectivity index (χ4n) is 0.967. The minimum atomic E-state index is -0.855. The van der Waals surface area contributed by atoms with Gasteiger partial charge in [-0.3, -0.25) is 0 Å². The lowest BCUT2D eigenvalue weighted by molar-refractivity contribution is 0.508. The molecule has 0 bridgehead atoms. The van der Waals surface area contributed by atoms with Gasteiger partial charge in [-0.15, -0.1) is 6.58 Å². The van der Waals surface area contributed by atoms with Crippen molar-refractivity contribution in [1.29, 1.82) is 0 Å². The Morgan fingerprint density at radius 1 is 1.36 bits per heavy atom. The predicted molar refractivity (Wildman–Crippen MR) is 57.4 cm³/mol. The van der Waals surface area contributed by atoms with Crippen molar-refractivity contribution >= 4 is 21.6 Å². The number of hydrogen-bond acceptors (Lipinski definition) is 1. The van der Waals surface area contributed by atoms with Crippen LogP contribution in [0.3, 0.4) is 0 Å². The average Bonchev–Trinajstić information content (AvgIpc) is 2.14. The van der Waals surface area contributed by atoms with Crippen molar-refractivity contribution in [3.05, 3.63) is 40.9 Å². The first-order chi connectivity index (χ1) is 6.65. The molecule has 0 unspecified atom stereocenters. The highest BCUT2D eigenvalue weighted by Crippen LogP contribution is 2.25. The number of anilines is 1. The van der Waals surface area contributed by atoms with Gasteiger partial charge < -0.3 is 5.32 Å². The summed E-state index contributed by atoms with van der Waals surface area (Å²) in [7, 11) is 0. The highest BCUT2D eigenvalue weighted by atomic mass is 79.9. The van der Waals surface area contributed by atoms with Crippen LogP contribution in [0, 0.1) is 11.6 Å². The molecule has 0 aliphatic rings. The quantitative estimate of drug-likeness (QED) is 0.495. The molecule has 14 heavy (non-hydrogen) atoms. The molecule has 0 aliphatic carbocycles. The molecule has 1 aromatic carbocycles. The topological polar surface area (TPSA) is 12.0 Å². The molecule has 0 atom stereocenters. The lowest BCUT2D eigenvalue weighted by Crippen LogP contribution is -2.02. The van der Waals surface area contributed by atoms with Gasteiger partial charge in [0.25, 0.3) is 0 Å². The third-order valence-corrected chi connectivity index (χ3v) is 2.33. The number of hydrogen-bond donors (Lipinski definition) is 1. The molecule has 76 valence electrons. The Morgan fingerprint density at radius 2 is 2.00 bits per heavy atom. The summed E-state index contributed by atoms with van der Waals surface area (Å²) in [5.74, 6) is -1.71. The molecule has 1 nitrogen and oxygen atoms in total. The van der Waals surface area contributed by atoms with Crippen molar-refractivity contribution < 1.29 is 8.78 Å². The number of benzene rings is 1. The smallest absolute Gasteiger partial charge is 0.160 e. The van der Waals surface area contributed by atoms with Crippen molar-refractivity contribution in [2.24, 2.45) is 0 Å². The number of halogens is 3. The standard InChI is InChI=1S/C10H10BrF2N/c1-2-3-4-14-10-6-9(13)8(12)5-7(10)11/h2,5-6,14H,1,3-4H2. The first-order valence-electron chi connectivity index (χ1n) is 4.14. The molecule has 0 radical (unpaired) electrons. The molecule has 1 N–H and O–H groups in total. The van der Waals surface area contributed by atoms with Crippen LogP contribution in [0.5, 0.6) is 0 Å². The molecular weight excluding hydrogens is 252 g/mol. The van der Waals surface area contributed by atoms with E-state index in [1.807, 2.05) is 0 Å². The normalized spacial score (nSPS) is 9.93. The number of nitrogens with one attached hydrogen (secondary N) is 1. The second-order valence-corrected chi connectivity index (χ2v) is 3.60. The Bertz CT molecular complexity index is 339. The van der Waals surface area contributed by atoms with E-state index in [4.69, 9.17) is 0 Å². The van der Waals surface area contributed by atoms with Crippen LogP contribution in [0.2, 0.25) is 0 Å². The molecule has 0 aromatic heterocycles. The van der Waals surface area contributed by atoms with Crippen LogP contribution >= 0.6 is 15.9 Å². The van der Waals surface area contributed by atoms with Crippen molar-refractivity contribution in [1.82, 2.24) is 0 Å². The van der Waals surface area contributed by atoms with Crippen molar-refractivity contribution in [2.75, 3.05) is 11.9 Å². The van der Waals surface area contributed by atoms with E-state index in [9.17, 15) is 8.78 Å². The molecular formula is C10H10BrF2N. The molecule has 0 fully saturated rings. The predicted octanol–water partition coefficient (Wildman–Crippen LogP) is 3.72. The van der Waals surface area contributed by atoms with Crippen LogP contribution in [-0.2, 0) is 0 Å². The fraction of sp³-hybridized carbons (Fsp3) is 0.200. The molecule has 0 amide bonds. The van der Waals surface area contributed by atoms with E-state index in [0.29, 0.717) is 16.7 Å². The van der Waals surface area contributed by atoms with E-state index in [0.717, 1.165) is 18.6 Å². The van der Waals surface area contributed by atoms with Gasteiger partial charge in [-0.1, -0.05) is 6.08 Å². The fourth-order valence-corrected chi connectivity index (χ4v) is 1.42. The van der Waals surface area contributed by atoms with Crippen LogP contribution in [0.15, 0.2) is 29.3 Å². The Kier molecular flexibility index (Phi) is 4.07. The summed E-state index contributed by atoms with van der Waals surface area (Å²) >= 11 is 3.14. The maximum atomic E-state index is 12.8. The Labute approximate surface area is 90.0 Å². The van der Waals surface area contributed by atoms with Gasteiger partial charge in [0.15, 0.2) is 11.6 Å². The van der Waals surface area contributed by atoms with E-state index >= 15 is 0 Å². The number of rotatable bonds is 4. The SMILES string of the molecule is C=CCCNc1cc(F)c(F)cc1Br. The van der Waals surface area contributed by atoms with Crippen molar-refractivity contribution in [3.63, 3.8) is 0 Å². The largest absolute Gasteiger partial charge is 0.384 e. The molecule has 1 aromatic rings. The van der Waals surface area contributed by atoms with E-state index in [2.05, 4.69) is 27.8 Å². The zero-order valence-electron chi connectivity index (χ0n) is 7.49. The zero-order chi connectivity index (χ0) is 10.6. The van der Waals surface area contributed by atoms with Crippen LogP contribution in [-0.4, -0.2) is 6.54 Å². The molecule has 0 aliphatic heterocycles. The third-order valence-electron chi connectivity index (χ3n) is 1.67. The maximum Gasteiger partial charge on any atom is 0.160 e.